The molecule has 0 amide bonds. The summed E-state index contributed by atoms with van der Waals surface area (Å²) in [5, 5.41) is 8.97. The van der Waals surface area contributed by atoms with E-state index in [0.29, 0.717) is 24.4 Å². The monoisotopic (exact) mass is 246 g/mol. The van der Waals surface area contributed by atoms with Crippen molar-refractivity contribution < 1.29 is 19.4 Å². The van der Waals surface area contributed by atoms with Crippen LogP contribution in [0, 0.1) is 0 Å². The molecule has 94 valence electrons. The first-order valence-corrected chi connectivity index (χ1v) is 5.63. The summed E-state index contributed by atoms with van der Waals surface area (Å²) in [6.45, 7) is 3.49. The van der Waals surface area contributed by atoms with Gasteiger partial charge in [-0.3, -0.25) is 0 Å². The van der Waals surface area contributed by atoms with Crippen molar-refractivity contribution in [1.29, 1.82) is 0 Å². The molecule has 4 nitrogen and oxygen atoms in total. The molecule has 0 unspecified atom stereocenters. The highest BCUT2D eigenvalue weighted by Gasteiger charge is 2.24. The zero-order valence-electron chi connectivity index (χ0n) is 9.83. The molecule has 0 spiro atoms. The van der Waals surface area contributed by atoms with Crippen LogP contribution in [-0.2, 0) is 14.3 Å². The smallest absolute Gasteiger partial charge is 0.338 e. The Morgan fingerprint density at radius 1 is 1.17 bits per heavy atom. The first kappa shape index (κ1) is 12.2. The number of aliphatic carboxylic acids is 1. The van der Waals surface area contributed by atoms with E-state index in [1.807, 2.05) is 24.3 Å². The molecule has 0 fully saturated rings. The Morgan fingerprint density at radius 2 is 1.67 bits per heavy atom. The number of rotatable bonds is 6. The molecule has 2 aliphatic carbocycles. The maximum absolute atomic E-state index is 11.0. The third kappa shape index (κ3) is 2.91. The van der Waals surface area contributed by atoms with Crippen LogP contribution in [0.15, 0.2) is 60.1 Å². The van der Waals surface area contributed by atoms with Gasteiger partial charge in [-0.2, -0.15) is 0 Å². The van der Waals surface area contributed by atoms with Crippen LogP contribution in [0.25, 0.3) is 0 Å². The van der Waals surface area contributed by atoms with Crippen molar-refractivity contribution in [2.24, 2.45) is 0 Å². The van der Waals surface area contributed by atoms with Crippen LogP contribution in [0.4, 0.5) is 0 Å². The lowest BCUT2D eigenvalue weighted by Crippen LogP contribution is -2.23. The Bertz CT molecular complexity index is 448. The van der Waals surface area contributed by atoms with E-state index in [2.05, 4.69) is 6.58 Å². The van der Waals surface area contributed by atoms with Crippen molar-refractivity contribution in [2.45, 2.75) is 19.1 Å². The van der Waals surface area contributed by atoms with E-state index in [9.17, 15) is 4.79 Å². The van der Waals surface area contributed by atoms with Gasteiger partial charge in [0.25, 0.3) is 6.29 Å². The molecular weight excluding hydrogens is 232 g/mol. The summed E-state index contributed by atoms with van der Waals surface area (Å²) in [6.07, 6.45) is 11.4. The van der Waals surface area contributed by atoms with E-state index >= 15 is 0 Å². The van der Waals surface area contributed by atoms with Gasteiger partial charge in [0.15, 0.2) is 0 Å². The molecule has 2 aliphatic rings. The van der Waals surface area contributed by atoms with Crippen molar-refractivity contribution in [3.8, 4) is 0 Å². The Morgan fingerprint density at radius 3 is 2.00 bits per heavy atom. The topological polar surface area (TPSA) is 55.8 Å². The minimum atomic E-state index is -1.13. The van der Waals surface area contributed by atoms with E-state index in [1.54, 1.807) is 12.2 Å². The predicted octanol–water partition coefficient (Wildman–Crippen LogP) is 2.67. The molecule has 0 aromatic carbocycles. The fourth-order valence-corrected chi connectivity index (χ4v) is 1.57. The number of hydrogen-bond acceptors (Lipinski definition) is 3. The van der Waals surface area contributed by atoms with Gasteiger partial charge in [-0.25, -0.2) is 4.79 Å². The first-order valence-electron chi connectivity index (χ1n) is 5.63. The largest absolute Gasteiger partial charge is 0.478 e. The van der Waals surface area contributed by atoms with Crippen molar-refractivity contribution >= 4 is 5.97 Å². The van der Waals surface area contributed by atoms with Crippen molar-refractivity contribution in [1.82, 2.24) is 0 Å². The summed E-state index contributed by atoms with van der Waals surface area (Å²) in [4.78, 5) is 11.0. The molecule has 0 heterocycles. The van der Waals surface area contributed by atoms with Crippen LogP contribution in [0.2, 0.25) is 0 Å². The second kappa shape index (κ2) is 5.40. The summed E-state index contributed by atoms with van der Waals surface area (Å²) < 4.78 is 11.0. The average molecular weight is 246 g/mol. The fraction of sp³-hybridized carbons (Fsp3) is 0.214. The molecule has 0 aliphatic heterocycles. The maximum atomic E-state index is 11.0. The van der Waals surface area contributed by atoms with Gasteiger partial charge >= 0.3 is 5.97 Å². The average Bonchev–Trinajstić information content (AvgIpc) is 2.99. The van der Waals surface area contributed by atoms with Gasteiger partial charge in [-0.1, -0.05) is 30.9 Å². The lowest BCUT2D eigenvalue weighted by molar-refractivity contribution is -0.138. The lowest BCUT2D eigenvalue weighted by atomic mass is 10.3. The normalized spacial score (nSPS) is 16.7. The molecule has 0 saturated heterocycles. The standard InChI is InChI=1S/C14H14O4/c1-10(13(15)16)14(17-11-6-2-3-7-11)18-12-8-4-5-9-12/h2-6,8,14H,1,7,9H2,(H,15,16). The van der Waals surface area contributed by atoms with Gasteiger partial charge in [0.05, 0.1) is 0 Å². The molecule has 0 aromatic rings. The van der Waals surface area contributed by atoms with Gasteiger partial charge < -0.3 is 14.6 Å². The van der Waals surface area contributed by atoms with Crippen molar-refractivity contribution in [3.63, 3.8) is 0 Å². The minimum absolute atomic E-state index is 0.115. The van der Waals surface area contributed by atoms with E-state index in [1.165, 1.54) is 0 Å². The summed E-state index contributed by atoms with van der Waals surface area (Å²) in [6, 6.07) is 0. The second-order valence-corrected chi connectivity index (χ2v) is 3.93. The molecule has 0 atom stereocenters. The van der Waals surface area contributed by atoms with Crippen molar-refractivity contribution in [3.05, 3.63) is 60.1 Å². The fourth-order valence-electron chi connectivity index (χ4n) is 1.57. The zero-order valence-corrected chi connectivity index (χ0v) is 9.83. The Hall–Kier alpha value is -2.23. The molecular formula is C14H14O4. The summed E-state index contributed by atoms with van der Waals surface area (Å²) >= 11 is 0. The van der Waals surface area contributed by atoms with Gasteiger partial charge in [0.2, 0.25) is 0 Å². The zero-order chi connectivity index (χ0) is 13.0. The van der Waals surface area contributed by atoms with Crippen molar-refractivity contribution in [2.75, 3.05) is 0 Å². The summed E-state index contributed by atoms with van der Waals surface area (Å²) in [7, 11) is 0. The predicted molar refractivity (Wildman–Crippen MR) is 66.4 cm³/mol. The Labute approximate surface area is 105 Å². The van der Waals surface area contributed by atoms with E-state index in [-0.39, 0.29) is 5.57 Å². The number of carboxylic acids is 1. The number of carboxylic acid groups (broad SMARTS) is 1. The molecule has 0 bridgehead atoms. The van der Waals surface area contributed by atoms with Crippen LogP contribution in [-0.4, -0.2) is 17.4 Å². The quantitative estimate of drug-likeness (QED) is 0.578. The third-order valence-corrected chi connectivity index (χ3v) is 2.55. The number of hydrogen-bond donors (Lipinski definition) is 1. The number of ether oxygens (including phenoxy) is 2. The number of carbonyl (C=O) groups is 1. The maximum Gasteiger partial charge on any atom is 0.338 e. The molecule has 4 heteroatoms. The van der Waals surface area contributed by atoms with E-state index < -0.39 is 12.3 Å². The molecule has 18 heavy (non-hydrogen) atoms. The first-order chi connectivity index (χ1) is 8.66. The van der Waals surface area contributed by atoms with Crippen LogP contribution >= 0.6 is 0 Å². The highest BCUT2D eigenvalue weighted by Crippen LogP contribution is 2.23. The van der Waals surface area contributed by atoms with Gasteiger partial charge in [-0.05, 0) is 12.2 Å². The molecule has 2 rings (SSSR count). The molecule has 0 aromatic heterocycles. The van der Waals surface area contributed by atoms with Gasteiger partial charge in [0, 0.05) is 12.8 Å². The van der Waals surface area contributed by atoms with Gasteiger partial charge in [-0.15, -0.1) is 0 Å². The molecule has 0 saturated carbocycles. The lowest BCUT2D eigenvalue weighted by Gasteiger charge is -2.21. The third-order valence-electron chi connectivity index (χ3n) is 2.55. The van der Waals surface area contributed by atoms with E-state index in [0.717, 1.165) is 0 Å². The Balaban J connectivity index is 2.02. The van der Waals surface area contributed by atoms with Crippen LogP contribution < -0.4 is 0 Å². The van der Waals surface area contributed by atoms with Crippen LogP contribution in [0.5, 0.6) is 0 Å². The summed E-state index contributed by atoms with van der Waals surface area (Å²) in [5.74, 6) is 0.223. The molecule has 0 radical (unpaired) electrons. The minimum Gasteiger partial charge on any atom is -0.478 e. The Kier molecular flexibility index (Phi) is 3.67. The van der Waals surface area contributed by atoms with Crippen LogP contribution in [0.1, 0.15) is 12.8 Å². The highest BCUT2D eigenvalue weighted by molar-refractivity contribution is 5.86. The highest BCUT2D eigenvalue weighted by atomic mass is 16.7. The van der Waals surface area contributed by atoms with Gasteiger partial charge in [0.1, 0.15) is 17.1 Å². The molecule has 1 N–H and O–H groups in total. The van der Waals surface area contributed by atoms with Crippen LogP contribution in [0.3, 0.4) is 0 Å². The summed E-state index contributed by atoms with van der Waals surface area (Å²) in [5.41, 5.74) is -0.115. The SMILES string of the molecule is C=C(C(=O)O)C(OC1=CC=CC1)OC1=CC=CC1. The number of allylic oxidation sites excluding steroid dienone is 6. The van der Waals surface area contributed by atoms with E-state index in [4.69, 9.17) is 14.6 Å². The second-order valence-electron chi connectivity index (χ2n) is 3.93.